The van der Waals surface area contributed by atoms with Gasteiger partial charge in [-0.15, -0.1) is 0 Å². The van der Waals surface area contributed by atoms with E-state index in [0.717, 1.165) is 25.7 Å². The first kappa shape index (κ1) is 16.1. The molecule has 0 saturated carbocycles. The zero-order chi connectivity index (χ0) is 14.1. The maximum atomic E-state index is 11.8. The molecule has 0 saturated heterocycles. The highest BCUT2D eigenvalue weighted by atomic mass is 16.3. The maximum Gasteiger partial charge on any atom is 0.251 e. The Balaban J connectivity index is 2.53. The number of unbranched alkanes of at least 4 members (excludes halogenated alkanes) is 5. The summed E-state index contributed by atoms with van der Waals surface area (Å²) in [5.74, 6) is 0.488. The Bertz CT molecular complexity index is 310. The molecule has 1 aliphatic heterocycles. The third-order valence-corrected chi connectivity index (χ3v) is 3.94. The van der Waals surface area contributed by atoms with Gasteiger partial charge in [0.15, 0.2) is 0 Å². The molecule has 19 heavy (non-hydrogen) atoms. The summed E-state index contributed by atoms with van der Waals surface area (Å²) in [5, 5.41) is 12.6. The topological polar surface area (TPSA) is 49.3 Å². The van der Waals surface area contributed by atoms with Crippen LogP contribution in [0, 0.1) is 5.92 Å². The lowest BCUT2D eigenvalue weighted by Crippen LogP contribution is -2.21. The molecule has 0 aromatic heterocycles. The Labute approximate surface area is 117 Å². The van der Waals surface area contributed by atoms with Gasteiger partial charge in [0.05, 0.1) is 12.1 Å². The van der Waals surface area contributed by atoms with Crippen LogP contribution in [0.3, 0.4) is 0 Å². The van der Waals surface area contributed by atoms with Crippen molar-refractivity contribution >= 4 is 5.91 Å². The van der Waals surface area contributed by atoms with E-state index in [1.807, 2.05) is 0 Å². The molecule has 3 nitrogen and oxygen atoms in total. The quantitative estimate of drug-likeness (QED) is 0.586. The maximum absolute atomic E-state index is 11.8. The Kier molecular flexibility index (Phi) is 7.61. The third-order valence-electron chi connectivity index (χ3n) is 3.94. The first-order valence-corrected chi connectivity index (χ1v) is 7.90. The number of nitrogens with one attached hydrogen (secondary N) is 1. The second-order valence-electron chi connectivity index (χ2n) is 5.59. The van der Waals surface area contributed by atoms with Crippen LogP contribution in [0.2, 0.25) is 0 Å². The van der Waals surface area contributed by atoms with Gasteiger partial charge in [-0.3, -0.25) is 4.79 Å². The summed E-state index contributed by atoms with van der Waals surface area (Å²) in [6.07, 6.45) is 10.5. The van der Waals surface area contributed by atoms with Gasteiger partial charge in [-0.2, -0.15) is 0 Å². The monoisotopic (exact) mass is 267 g/mol. The number of carbonyl (C=O) groups is 1. The van der Waals surface area contributed by atoms with Gasteiger partial charge in [0.25, 0.3) is 5.91 Å². The molecule has 1 amide bonds. The molecule has 1 aliphatic rings. The molecule has 0 aromatic rings. The summed E-state index contributed by atoms with van der Waals surface area (Å²) in [4.78, 5) is 11.8. The van der Waals surface area contributed by atoms with Crippen molar-refractivity contribution in [1.29, 1.82) is 0 Å². The van der Waals surface area contributed by atoms with E-state index in [-0.39, 0.29) is 17.6 Å². The molecule has 0 fully saturated rings. The second kappa shape index (κ2) is 9.00. The van der Waals surface area contributed by atoms with Crippen molar-refractivity contribution in [2.24, 2.45) is 5.92 Å². The number of aliphatic hydroxyl groups excluding tert-OH is 1. The fourth-order valence-electron chi connectivity index (χ4n) is 2.80. The fraction of sp³-hybridized carbons (Fsp3) is 0.812. The molecular weight excluding hydrogens is 238 g/mol. The largest absolute Gasteiger partial charge is 0.510 e. The summed E-state index contributed by atoms with van der Waals surface area (Å²) in [6, 6.07) is 0. The van der Waals surface area contributed by atoms with Crippen molar-refractivity contribution in [2.45, 2.75) is 71.6 Å². The predicted octanol–water partition coefficient (Wildman–Crippen LogP) is 4.10. The van der Waals surface area contributed by atoms with Crippen molar-refractivity contribution in [1.82, 2.24) is 5.32 Å². The molecule has 3 heteroatoms. The van der Waals surface area contributed by atoms with Crippen molar-refractivity contribution in [3.05, 3.63) is 11.3 Å². The van der Waals surface area contributed by atoms with Gasteiger partial charge in [0, 0.05) is 0 Å². The SMILES string of the molecule is CCCCCCC(CCCCC)C1=C(O)CNC1=O. The van der Waals surface area contributed by atoms with Crippen LogP contribution in [0.25, 0.3) is 0 Å². The van der Waals surface area contributed by atoms with Gasteiger partial charge in [-0.1, -0.05) is 58.8 Å². The molecule has 1 unspecified atom stereocenters. The number of hydrogen-bond acceptors (Lipinski definition) is 2. The molecule has 2 N–H and O–H groups in total. The Morgan fingerprint density at radius 1 is 1.05 bits per heavy atom. The smallest absolute Gasteiger partial charge is 0.251 e. The van der Waals surface area contributed by atoms with Gasteiger partial charge in [-0.25, -0.2) is 0 Å². The molecule has 0 aliphatic carbocycles. The second-order valence-corrected chi connectivity index (χ2v) is 5.59. The molecule has 1 heterocycles. The van der Waals surface area contributed by atoms with Crippen LogP contribution in [-0.2, 0) is 4.79 Å². The van der Waals surface area contributed by atoms with Gasteiger partial charge in [0.2, 0.25) is 0 Å². The number of rotatable bonds is 10. The molecule has 1 atom stereocenters. The van der Waals surface area contributed by atoms with E-state index in [1.54, 1.807) is 0 Å². The van der Waals surface area contributed by atoms with Gasteiger partial charge >= 0.3 is 0 Å². The molecule has 0 bridgehead atoms. The molecular formula is C16H29NO2. The summed E-state index contributed by atoms with van der Waals surface area (Å²) in [5.41, 5.74) is 0.674. The average molecular weight is 267 g/mol. The van der Waals surface area contributed by atoms with Crippen LogP contribution in [0.15, 0.2) is 11.3 Å². The van der Waals surface area contributed by atoms with E-state index in [4.69, 9.17) is 0 Å². The van der Waals surface area contributed by atoms with Gasteiger partial charge in [0.1, 0.15) is 5.76 Å². The van der Waals surface area contributed by atoms with Crippen molar-refractivity contribution in [3.8, 4) is 0 Å². The number of hydrogen-bond donors (Lipinski definition) is 2. The van der Waals surface area contributed by atoms with Crippen LogP contribution in [0.4, 0.5) is 0 Å². The first-order chi connectivity index (χ1) is 9.20. The van der Waals surface area contributed by atoms with E-state index in [9.17, 15) is 9.90 Å². The lowest BCUT2D eigenvalue weighted by molar-refractivity contribution is -0.117. The van der Waals surface area contributed by atoms with E-state index >= 15 is 0 Å². The zero-order valence-corrected chi connectivity index (χ0v) is 12.5. The average Bonchev–Trinajstić information content (AvgIpc) is 2.73. The minimum atomic E-state index is -0.0468. The third kappa shape index (κ3) is 5.25. The summed E-state index contributed by atoms with van der Waals surface area (Å²) in [7, 11) is 0. The normalized spacial score (nSPS) is 16.8. The Morgan fingerprint density at radius 2 is 1.63 bits per heavy atom. The van der Waals surface area contributed by atoms with E-state index in [0.29, 0.717) is 12.1 Å². The number of carbonyl (C=O) groups excluding carboxylic acids is 1. The van der Waals surface area contributed by atoms with Crippen LogP contribution in [-0.4, -0.2) is 17.6 Å². The number of aliphatic hydroxyl groups is 1. The van der Waals surface area contributed by atoms with Crippen LogP contribution in [0.1, 0.15) is 71.6 Å². The summed E-state index contributed by atoms with van der Waals surface area (Å²) >= 11 is 0. The minimum Gasteiger partial charge on any atom is -0.510 e. The lowest BCUT2D eigenvalue weighted by atomic mass is 9.87. The van der Waals surface area contributed by atoms with Crippen molar-refractivity contribution in [2.75, 3.05) is 6.54 Å². The summed E-state index contributed by atoms with van der Waals surface area (Å²) in [6.45, 7) is 4.72. The highest BCUT2D eigenvalue weighted by Crippen LogP contribution is 2.29. The molecule has 0 aromatic carbocycles. The first-order valence-electron chi connectivity index (χ1n) is 7.90. The van der Waals surface area contributed by atoms with Crippen molar-refractivity contribution < 1.29 is 9.90 Å². The highest BCUT2D eigenvalue weighted by molar-refractivity contribution is 5.96. The van der Waals surface area contributed by atoms with Crippen LogP contribution >= 0.6 is 0 Å². The van der Waals surface area contributed by atoms with Crippen molar-refractivity contribution in [3.63, 3.8) is 0 Å². The molecule has 0 radical (unpaired) electrons. The van der Waals surface area contributed by atoms with Gasteiger partial charge < -0.3 is 10.4 Å². The van der Waals surface area contributed by atoms with Crippen LogP contribution < -0.4 is 5.32 Å². The summed E-state index contributed by atoms with van der Waals surface area (Å²) < 4.78 is 0. The van der Waals surface area contributed by atoms with E-state index in [1.165, 1.54) is 32.1 Å². The fourth-order valence-corrected chi connectivity index (χ4v) is 2.80. The zero-order valence-electron chi connectivity index (χ0n) is 12.5. The van der Waals surface area contributed by atoms with Gasteiger partial charge in [-0.05, 0) is 18.8 Å². The van der Waals surface area contributed by atoms with Crippen LogP contribution in [0.5, 0.6) is 0 Å². The van der Waals surface area contributed by atoms with E-state index < -0.39 is 0 Å². The molecule has 1 rings (SSSR count). The minimum absolute atomic E-state index is 0.0468. The highest BCUT2D eigenvalue weighted by Gasteiger charge is 2.28. The Hall–Kier alpha value is -0.990. The predicted molar refractivity (Wildman–Crippen MR) is 79.1 cm³/mol. The standard InChI is InChI=1S/C16H29NO2/c1-3-5-7-9-11-13(10-8-6-4-2)15-14(18)12-17-16(15)19/h13,18H,3-12H2,1-2H3,(H,17,19). The molecule has 110 valence electrons. The number of amides is 1. The molecule has 0 spiro atoms. The van der Waals surface area contributed by atoms with E-state index in [2.05, 4.69) is 19.2 Å². The Morgan fingerprint density at radius 3 is 2.16 bits per heavy atom. The lowest BCUT2D eigenvalue weighted by Gasteiger charge is -2.17.